The van der Waals surface area contributed by atoms with Crippen LogP contribution in [0.3, 0.4) is 0 Å². The summed E-state index contributed by atoms with van der Waals surface area (Å²) in [6.45, 7) is 4.90. The van der Waals surface area contributed by atoms with E-state index in [1.165, 1.54) is 28.7 Å². The fraction of sp³-hybridized carbons (Fsp3) is 0.300. The summed E-state index contributed by atoms with van der Waals surface area (Å²) in [4.78, 5) is 28.7. The van der Waals surface area contributed by atoms with Gasteiger partial charge in [0.2, 0.25) is 5.95 Å². The zero-order valence-electron chi connectivity index (χ0n) is 15.2. The highest BCUT2D eigenvalue weighted by molar-refractivity contribution is 5.92. The van der Waals surface area contributed by atoms with Crippen molar-refractivity contribution < 1.29 is 10.0 Å². The van der Waals surface area contributed by atoms with Crippen molar-refractivity contribution in [2.24, 2.45) is 5.41 Å². The lowest BCUT2D eigenvalue weighted by molar-refractivity contribution is -0.0278. The molecule has 8 nitrogen and oxygen atoms in total. The van der Waals surface area contributed by atoms with Crippen LogP contribution in [0, 0.1) is 5.41 Å². The first kappa shape index (κ1) is 17.0. The van der Waals surface area contributed by atoms with Gasteiger partial charge in [-0.2, -0.15) is 0 Å². The van der Waals surface area contributed by atoms with Gasteiger partial charge in [0, 0.05) is 68.3 Å². The molecule has 4 heterocycles. The second-order valence-electron chi connectivity index (χ2n) is 7.73. The molecule has 5 rings (SSSR count). The van der Waals surface area contributed by atoms with Gasteiger partial charge >= 0.3 is 0 Å². The molecule has 2 fully saturated rings. The van der Waals surface area contributed by atoms with E-state index in [9.17, 15) is 4.79 Å². The van der Waals surface area contributed by atoms with Crippen LogP contribution in [-0.2, 0) is 6.54 Å². The average Bonchev–Trinajstić information content (AvgIpc) is 2.68. The molecule has 8 heteroatoms. The summed E-state index contributed by atoms with van der Waals surface area (Å²) in [6.07, 6.45) is 6.64. The van der Waals surface area contributed by atoms with Crippen LogP contribution in [-0.4, -0.2) is 57.1 Å². The van der Waals surface area contributed by atoms with E-state index < -0.39 is 5.91 Å². The molecule has 28 heavy (non-hydrogen) atoms. The number of nitrogens with zero attached hydrogens (tertiary/aromatic N) is 5. The summed E-state index contributed by atoms with van der Waals surface area (Å²) in [6, 6.07) is 8.46. The Morgan fingerprint density at radius 2 is 1.89 bits per heavy atom. The minimum absolute atomic E-state index is 0.237. The number of pyridine rings is 1. The zero-order valence-corrected chi connectivity index (χ0v) is 15.2. The summed E-state index contributed by atoms with van der Waals surface area (Å²) < 4.78 is 0. The Hall–Kier alpha value is -3.10. The molecule has 2 aromatic heterocycles. The van der Waals surface area contributed by atoms with Crippen LogP contribution in [0.1, 0.15) is 15.9 Å². The minimum Gasteiger partial charge on any atom is -0.339 e. The number of anilines is 1. The van der Waals surface area contributed by atoms with E-state index in [1.807, 2.05) is 12.4 Å². The maximum atomic E-state index is 11.3. The van der Waals surface area contributed by atoms with E-state index in [0.29, 0.717) is 11.4 Å². The molecule has 0 saturated carbocycles. The molecule has 1 spiro atoms. The first-order valence-corrected chi connectivity index (χ1v) is 9.21. The van der Waals surface area contributed by atoms with Crippen LogP contribution >= 0.6 is 0 Å². The number of aromatic nitrogens is 3. The van der Waals surface area contributed by atoms with Gasteiger partial charge in [-0.25, -0.2) is 15.4 Å². The smallest absolute Gasteiger partial charge is 0.277 e. The lowest BCUT2D eigenvalue weighted by Gasteiger charge is -2.60. The molecule has 2 saturated heterocycles. The number of hydrogen-bond donors (Lipinski definition) is 2. The summed E-state index contributed by atoms with van der Waals surface area (Å²) in [7, 11) is 0. The Bertz CT molecular complexity index is 1020. The maximum absolute atomic E-state index is 11.3. The largest absolute Gasteiger partial charge is 0.339 e. The van der Waals surface area contributed by atoms with E-state index in [4.69, 9.17) is 5.21 Å². The quantitative estimate of drug-likeness (QED) is 0.526. The minimum atomic E-state index is -0.607. The molecule has 0 bridgehead atoms. The number of rotatable bonds is 4. The normalized spacial score (nSPS) is 18.0. The van der Waals surface area contributed by atoms with E-state index in [0.717, 1.165) is 32.7 Å². The van der Waals surface area contributed by atoms with Gasteiger partial charge in [-0.3, -0.25) is 19.9 Å². The van der Waals surface area contributed by atoms with Gasteiger partial charge < -0.3 is 4.90 Å². The number of benzene rings is 1. The highest BCUT2D eigenvalue weighted by atomic mass is 16.5. The molecule has 0 atom stereocenters. The molecule has 2 aliphatic heterocycles. The Balaban J connectivity index is 1.19. The van der Waals surface area contributed by atoms with Crippen molar-refractivity contribution in [1.29, 1.82) is 0 Å². The molecule has 0 unspecified atom stereocenters. The van der Waals surface area contributed by atoms with Crippen LogP contribution in [0.25, 0.3) is 10.8 Å². The van der Waals surface area contributed by atoms with Crippen LogP contribution in [0.5, 0.6) is 0 Å². The SMILES string of the molecule is O=C(NO)c1cnc(N2CC3(CN(Cc4cccc5ccncc45)C3)C2)nc1. The third-order valence-electron chi connectivity index (χ3n) is 5.62. The van der Waals surface area contributed by atoms with Crippen molar-refractivity contribution >= 4 is 22.6 Å². The molecule has 2 N–H and O–H groups in total. The Morgan fingerprint density at radius 3 is 2.64 bits per heavy atom. The van der Waals surface area contributed by atoms with Gasteiger partial charge in [0.05, 0.1) is 5.56 Å². The maximum Gasteiger partial charge on any atom is 0.277 e. The second kappa shape index (κ2) is 6.50. The summed E-state index contributed by atoms with van der Waals surface area (Å²) >= 11 is 0. The molecule has 1 amide bonds. The van der Waals surface area contributed by atoms with Crippen LogP contribution in [0.2, 0.25) is 0 Å². The molecular weight excluding hydrogens is 356 g/mol. The first-order valence-electron chi connectivity index (χ1n) is 9.21. The van der Waals surface area contributed by atoms with Crippen molar-refractivity contribution in [1.82, 2.24) is 25.3 Å². The Morgan fingerprint density at radius 1 is 1.11 bits per heavy atom. The van der Waals surface area contributed by atoms with Gasteiger partial charge in [-0.1, -0.05) is 18.2 Å². The number of carbonyl (C=O) groups is 1. The highest BCUT2D eigenvalue weighted by Gasteiger charge is 2.52. The predicted molar refractivity (Wildman–Crippen MR) is 103 cm³/mol. The van der Waals surface area contributed by atoms with Gasteiger partial charge in [0.1, 0.15) is 0 Å². The molecule has 0 aliphatic carbocycles. The van der Waals surface area contributed by atoms with Gasteiger partial charge in [0.15, 0.2) is 0 Å². The Labute approximate surface area is 161 Å². The topological polar surface area (TPSA) is 94.5 Å². The average molecular weight is 376 g/mol. The lowest BCUT2D eigenvalue weighted by Crippen LogP contribution is -2.72. The molecule has 0 radical (unpaired) electrons. The van der Waals surface area contributed by atoms with E-state index in [1.54, 1.807) is 5.48 Å². The predicted octanol–water partition coefficient (Wildman–Crippen LogP) is 1.47. The van der Waals surface area contributed by atoms with Gasteiger partial charge in [-0.05, 0) is 17.0 Å². The van der Waals surface area contributed by atoms with Crippen molar-refractivity contribution in [2.45, 2.75) is 6.54 Å². The van der Waals surface area contributed by atoms with Crippen LogP contribution < -0.4 is 10.4 Å². The molecule has 2 aliphatic rings. The molecule has 1 aromatic carbocycles. The second-order valence-corrected chi connectivity index (χ2v) is 7.73. The van der Waals surface area contributed by atoms with Gasteiger partial charge in [0.25, 0.3) is 5.91 Å². The van der Waals surface area contributed by atoms with E-state index in [2.05, 4.69) is 49.0 Å². The third-order valence-corrected chi connectivity index (χ3v) is 5.62. The zero-order chi connectivity index (χ0) is 19.1. The standard InChI is InChI=1S/C20H20N6O2/c27-18(24-28)16-6-22-19(23-7-16)26-12-20(13-26)10-25(11-20)9-15-3-1-2-14-4-5-21-8-17(14)15/h1-8,28H,9-13H2,(H,24,27). The fourth-order valence-electron chi connectivity index (χ4n) is 4.34. The summed E-state index contributed by atoms with van der Waals surface area (Å²) in [5.74, 6) is 0.0172. The molecular formula is C20H20N6O2. The van der Waals surface area contributed by atoms with Crippen molar-refractivity contribution in [2.75, 3.05) is 31.1 Å². The number of nitrogens with one attached hydrogen (secondary N) is 1. The lowest BCUT2D eigenvalue weighted by atomic mass is 9.73. The number of hydrogen-bond acceptors (Lipinski definition) is 7. The summed E-state index contributed by atoms with van der Waals surface area (Å²) in [5.41, 5.74) is 3.45. The van der Waals surface area contributed by atoms with Gasteiger partial charge in [-0.15, -0.1) is 0 Å². The highest BCUT2D eigenvalue weighted by Crippen LogP contribution is 2.41. The first-order chi connectivity index (χ1) is 13.7. The van der Waals surface area contributed by atoms with Crippen LogP contribution in [0.4, 0.5) is 5.95 Å². The van der Waals surface area contributed by atoms with E-state index >= 15 is 0 Å². The van der Waals surface area contributed by atoms with Crippen LogP contribution in [0.15, 0.2) is 49.1 Å². The van der Waals surface area contributed by atoms with Crippen molar-refractivity contribution in [3.63, 3.8) is 0 Å². The Kier molecular flexibility index (Phi) is 3.96. The number of amides is 1. The number of fused-ring (bicyclic) bond motifs is 1. The number of likely N-dealkylation sites (tertiary alicyclic amines) is 1. The molecule has 142 valence electrons. The number of hydroxylamine groups is 1. The van der Waals surface area contributed by atoms with Crippen molar-refractivity contribution in [3.05, 3.63) is 60.2 Å². The number of carbonyl (C=O) groups excluding carboxylic acids is 1. The van der Waals surface area contributed by atoms with E-state index in [-0.39, 0.29) is 5.56 Å². The third kappa shape index (κ3) is 2.87. The monoisotopic (exact) mass is 376 g/mol. The summed E-state index contributed by atoms with van der Waals surface area (Å²) in [5, 5.41) is 11.1. The van der Waals surface area contributed by atoms with Crippen molar-refractivity contribution in [3.8, 4) is 0 Å². The molecule has 3 aromatic rings. The fourth-order valence-corrected chi connectivity index (χ4v) is 4.34.